The highest BCUT2D eigenvalue weighted by molar-refractivity contribution is 5.67. The lowest BCUT2D eigenvalue weighted by Crippen LogP contribution is -2.37. The van der Waals surface area contributed by atoms with Gasteiger partial charge in [0.15, 0.2) is 0 Å². The molecule has 0 bridgehead atoms. The third-order valence-corrected chi connectivity index (χ3v) is 1.83. The minimum atomic E-state index is -4.45. The molecule has 0 fully saturated rings. The Labute approximate surface area is 106 Å². The second-order valence-corrected chi connectivity index (χ2v) is 3.63. The molecule has 0 aromatic heterocycles. The van der Waals surface area contributed by atoms with Gasteiger partial charge in [-0.2, -0.15) is 13.2 Å². The number of aliphatic hydroxyl groups is 4. The second-order valence-electron chi connectivity index (χ2n) is 3.63. The molecule has 0 spiro atoms. The first-order chi connectivity index (χ1) is 8.66. The zero-order chi connectivity index (χ0) is 15.5. The van der Waals surface area contributed by atoms with Gasteiger partial charge in [-0.25, -0.2) is 4.79 Å². The minimum absolute atomic E-state index is 0.406. The lowest BCUT2D eigenvalue weighted by atomic mass is 9.93. The molecule has 10 heteroatoms. The molecule has 0 unspecified atom stereocenters. The van der Waals surface area contributed by atoms with E-state index in [4.69, 9.17) is 25.5 Å². The molecule has 0 aliphatic carbocycles. The highest BCUT2D eigenvalue weighted by atomic mass is 19.4. The van der Waals surface area contributed by atoms with Crippen LogP contribution < -0.4 is 0 Å². The van der Waals surface area contributed by atoms with E-state index in [1.165, 1.54) is 0 Å². The molecule has 0 atom stereocenters. The Balaban J connectivity index is 0. The molecular weight excluding hydrogens is 277 g/mol. The van der Waals surface area contributed by atoms with Gasteiger partial charge in [0.2, 0.25) is 0 Å². The lowest BCUT2D eigenvalue weighted by molar-refractivity contribution is -0.179. The van der Waals surface area contributed by atoms with Gasteiger partial charge in [-0.1, -0.05) is 0 Å². The summed E-state index contributed by atoms with van der Waals surface area (Å²) in [5.74, 6) is -1.41. The van der Waals surface area contributed by atoms with E-state index in [9.17, 15) is 18.0 Å². The molecular formula is C9H17F3O7. The number of carbonyl (C=O) groups is 1. The van der Waals surface area contributed by atoms with Crippen molar-refractivity contribution in [1.82, 2.24) is 0 Å². The Kier molecular flexibility index (Phi) is 10.6. The summed E-state index contributed by atoms with van der Waals surface area (Å²) in [6.07, 6.45) is -4.45. The Morgan fingerprint density at radius 3 is 1.47 bits per heavy atom. The topological polar surface area (TPSA) is 127 Å². The summed E-state index contributed by atoms with van der Waals surface area (Å²) < 4.78 is 37.3. The number of halogens is 3. The first-order valence-corrected chi connectivity index (χ1v) is 4.96. The summed E-state index contributed by atoms with van der Waals surface area (Å²) in [4.78, 5) is 9.59. The maximum atomic E-state index is 11.2. The monoisotopic (exact) mass is 294 g/mol. The zero-order valence-corrected chi connectivity index (χ0v) is 9.93. The number of hydrogen-bond acceptors (Lipinski definition) is 6. The molecule has 0 radical (unpaired) electrons. The zero-order valence-electron chi connectivity index (χ0n) is 9.93. The largest absolute Gasteiger partial charge is 0.480 e. The maximum absolute atomic E-state index is 11.2. The fraction of sp³-hybridized carbons (Fsp3) is 0.889. The van der Waals surface area contributed by atoms with Gasteiger partial charge in [-0.15, -0.1) is 0 Å². The molecule has 0 aromatic rings. The highest BCUT2D eigenvalue weighted by Gasteiger charge is 2.27. The first-order valence-electron chi connectivity index (χ1n) is 4.96. The van der Waals surface area contributed by atoms with Crippen molar-refractivity contribution in [3.8, 4) is 0 Å². The molecule has 0 aliphatic rings. The van der Waals surface area contributed by atoms with Crippen LogP contribution >= 0.6 is 0 Å². The summed E-state index contributed by atoms with van der Waals surface area (Å²) in [6.45, 7) is -4.06. The summed E-state index contributed by atoms with van der Waals surface area (Å²) in [5, 5.41) is 41.8. The van der Waals surface area contributed by atoms with Crippen molar-refractivity contribution in [2.45, 2.75) is 6.18 Å². The Bertz CT molecular complexity index is 223. The molecule has 5 N–H and O–H groups in total. The number of carboxylic acids is 1. The van der Waals surface area contributed by atoms with E-state index >= 15 is 0 Å². The quantitative estimate of drug-likeness (QED) is 0.390. The van der Waals surface area contributed by atoms with Crippen LogP contribution in [0.1, 0.15) is 0 Å². The van der Waals surface area contributed by atoms with Gasteiger partial charge in [0.1, 0.15) is 13.2 Å². The average molecular weight is 294 g/mol. The van der Waals surface area contributed by atoms with Gasteiger partial charge < -0.3 is 30.3 Å². The van der Waals surface area contributed by atoms with Gasteiger partial charge in [0.05, 0.1) is 31.8 Å². The van der Waals surface area contributed by atoms with Crippen LogP contribution in [0.4, 0.5) is 13.2 Å². The van der Waals surface area contributed by atoms with Gasteiger partial charge in [-0.3, -0.25) is 0 Å². The summed E-state index contributed by atoms with van der Waals surface area (Å²) in [7, 11) is 0. The predicted octanol–water partition coefficient (Wildman–Crippen LogP) is -1.41. The maximum Gasteiger partial charge on any atom is 0.411 e. The van der Waals surface area contributed by atoms with Crippen LogP contribution in [-0.4, -0.2) is 77.3 Å². The number of ether oxygens (including phenoxy) is 1. The van der Waals surface area contributed by atoms with Crippen molar-refractivity contribution in [3.05, 3.63) is 0 Å². The average Bonchev–Trinajstić information content (AvgIpc) is 2.31. The lowest BCUT2D eigenvalue weighted by Gasteiger charge is -2.23. The molecule has 0 saturated carbocycles. The summed E-state index contributed by atoms with van der Waals surface area (Å²) in [6, 6.07) is 0. The number of carboxylic acid groups (broad SMARTS) is 1. The second kappa shape index (κ2) is 9.92. The number of alkyl halides is 3. The molecule has 0 heterocycles. The standard InChI is InChI=1S/C5H12O4.C4H5F3O3/c6-1-5(2-7,3-8)4-9;5-4(6,7)2-10-1-3(8)9/h6-9H,1-4H2;1-2H2,(H,8,9). The van der Waals surface area contributed by atoms with E-state index in [1.54, 1.807) is 0 Å². The van der Waals surface area contributed by atoms with E-state index in [-0.39, 0.29) is 0 Å². The van der Waals surface area contributed by atoms with Crippen LogP contribution in [0.25, 0.3) is 0 Å². The SMILES string of the molecule is O=C(O)COCC(F)(F)F.OCC(CO)(CO)CO. The Morgan fingerprint density at radius 2 is 1.32 bits per heavy atom. The van der Waals surface area contributed by atoms with E-state index in [0.717, 1.165) is 0 Å². The molecule has 0 aliphatic heterocycles. The van der Waals surface area contributed by atoms with Gasteiger partial charge >= 0.3 is 12.1 Å². The summed E-state index contributed by atoms with van der Waals surface area (Å²) >= 11 is 0. The van der Waals surface area contributed by atoms with Crippen LogP contribution in [-0.2, 0) is 9.53 Å². The smallest absolute Gasteiger partial charge is 0.411 e. The van der Waals surface area contributed by atoms with Crippen molar-refractivity contribution in [2.24, 2.45) is 5.41 Å². The van der Waals surface area contributed by atoms with Crippen LogP contribution in [0.15, 0.2) is 0 Å². The van der Waals surface area contributed by atoms with E-state index in [1.807, 2.05) is 0 Å². The normalized spacial score (nSPS) is 11.7. The molecule has 19 heavy (non-hydrogen) atoms. The van der Waals surface area contributed by atoms with Crippen molar-refractivity contribution >= 4 is 5.97 Å². The fourth-order valence-corrected chi connectivity index (χ4v) is 0.554. The van der Waals surface area contributed by atoms with Crippen molar-refractivity contribution in [1.29, 1.82) is 0 Å². The van der Waals surface area contributed by atoms with Gasteiger partial charge in [-0.05, 0) is 0 Å². The minimum Gasteiger partial charge on any atom is -0.480 e. The Morgan fingerprint density at radius 1 is 0.947 bits per heavy atom. The molecule has 0 saturated heterocycles. The summed E-state index contributed by atoms with van der Waals surface area (Å²) in [5.41, 5.74) is -1.11. The van der Waals surface area contributed by atoms with E-state index in [0.29, 0.717) is 0 Å². The molecule has 7 nitrogen and oxygen atoms in total. The van der Waals surface area contributed by atoms with Gasteiger partial charge in [0.25, 0.3) is 0 Å². The van der Waals surface area contributed by atoms with Crippen molar-refractivity contribution < 1.29 is 48.2 Å². The van der Waals surface area contributed by atoms with E-state index in [2.05, 4.69) is 4.74 Å². The fourth-order valence-electron chi connectivity index (χ4n) is 0.554. The highest BCUT2D eigenvalue weighted by Crippen LogP contribution is 2.14. The van der Waals surface area contributed by atoms with Crippen molar-refractivity contribution in [2.75, 3.05) is 39.6 Å². The number of rotatable bonds is 7. The first kappa shape index (κ1) is 20.4. The Hall–Kier alpha value is -0.940. The number of aliphatic hydroxyl groups excluding tert-OH is 4. The van der Waals surface area contributed by atoms with Crippen LogP contribution in [0.3, 0.4) is 0 Å². The van der Waals surface area contributed by atoms with Crippen LogP contribution in [0.5, 0.6) is 0 Å². The number of hydrogen-bond donors (Lipinski definition) is 5. The van der Waals surface area contributed by atoms with Crippen LogP contribution in [0.2, 0.25) is 0 Å². The molecule has 0 rings (SSSR count). The number of aliphatic carboxylic acids is 1. The van der Waals surface area contributed by atoms with Crippen molar-refractivity contribution in [3.63, 3.8) is 0 Å². The predicted molar refractivity (Wildman–Crippen MR) is 55.3 cm³/mol. The molecule has 116 valence electrons. The van der Waals surface area contributed by atoms with Gasteiger partial charge in [0, 0.05) is 0 Å². The van der Waals surface area contributed by atoms with E-state index < -0.39 is 57.2 Å². The third kappa shape index (κ3) is 11.9. The molecule has 0 amide bonds. The third-order valence-electron chi connectivity index (χ3n) is 1.83. The van der Waals surface area contributed by atoms with Crippen LogP contribution in [0, 0.1) is 5.41 Å². The molecule has 0 aromatic carbocycles.